The third kappa shape index (κ3) is 4.66. The van der Waals surface area contributed by atoms with Crippen molar-refractivity contribution in [1.82, 2.24) is 5.32 Å². The Bertz CT molecular complexity index is 617. The van der Waals surface area contributed by atoms with E-state index < -0.39 is 0 Å². The molecule has 110 valence electrons. The fourth-order valence-corrected chi connectivity index (χ4v) is 3.22. The van der Waals surface area contributed by atoms with Crippen LogP contribution < -0.4 is 5.32 Å². The van der Waals surface area contributed by atoms with E-state index in [1.807, 2.05) is 42.5 Å². The van der Waals surface area contributed by atoms with Crippen molar-refractivity contribution in [2.24, 2.45) is 0 Å². The van der Waals surface area contributed by atoms with Gasteiger partial charge in [0, 0.05) is 8.95 Å². The number of nitrogens with one attached hydrogen (secondary N) is 1. The molecule has 0 radical (unpaired) electrons. The van der Waals surface area contributed by atoms with E-state index in [1.54, 1.807) is 6.07 Å². The molecule has 1 amide bonds. The van der Waals surface area contributed by atoms with E-state index in [2.05, 4.69) is 37.2 Å². The molecule has 0 spiro atoms. The number of halogens is 2. The minimum atomic E-state index is -0.310. The molecule has 0 bridgehead atoms. The van der Waals surface area contributed by atoms with Gasteiger partial charge in [-0.05, 0) is 46.1 Å². The highest BCUT2D eigenvalue weighted by Crippen LogP contribution is 2.22. The first-order valence-electron chi connectivity index (χ1n) is 6.51. The first kappa shape index (κ1) is 16.2. The molecule has 2 N–H and O–H groups in total. The molecule has 0 heterocycles. The molecule has 0 aliphatic heterocycles. The molecule has 2 aromatic carbocycles. The summed E-state index contributed by atoms with van der Waals surface area (Å²) in [6.07, 6.45) is 0.594. The lowest BCUT2D eigenvalue weighted by Gasteiger charge is -2.17. The molecular formula is C16H15Br2NO2. The van der Waals surface area contributed by atoms with Gasteiger partial charge in [0.05, 0.1) is 18.2 Å². The highest BCUT2D eigenvalue weighted by molar-refractivity contribution is 9.11. The topological polar surface area (TPSA) is 49.3 Å². The summed E-state index contributed by atoms with van der Waals surface area (Å²) < 4.78 is 1.61. The van der Waals surface area contributed by atoms with E-state index in [1.165, 1.54) is 0 Å². The number of rotatable bonds is 5. The Balaban J connectivity index is 2.06. The van der Waals surface area contributed by atoms with Gasteiger partial charge in [0.1, 0.15) is 0 Å². The summed E-state index contributed by atoms with van der Waals surface area (Å²) >= 11 is 6.73. The van der Waals surface area contributed by atoms with E-state index in [0.717, 1.165) is 10.0 Å². The summed E-state index contributed by atoms with van der Waals surface area (Å²) in [4.78, 5) is 12.3. The van der Waals surface area contributed by atoms with Crippen LogP contribution in [0.25, 0.3) is 0 Å². The zero-order chi connectivity index (χ0) is 15.2. The SMILES string of the molecule is O=C(N[C@H](CO)Cc1ccccc1)c1ccc(Br)cc1Br. The van der Waals surface area contributed by atoms with Crippen molar-refractivity contribution in [1.29, 1.82) is 0 Å². The van der Waals surface area contributed by atoms with Crippen LogP contribution in [0.3, 0.4) is 0 Å². The first-order chi connectivity index (χ1) is 10.1. The van der Waals surface area contributed by atoms with Crippen molar-refractivity contribution in [3.05, 3.63) is 68.6 Å². The number of aliphatic hydroxyl groups is 1. The van der Waals surface area contributed by atoms with E-state index >= 15 is 0 Å². The lowest BCUT2D eigenvalue weighted by atomic mass is 10.1. The zero-order valence-corrected chi connectivity index (χ0v) is 14.4. The molecule has 2 aromatic rings. The largest absolute Gasteiger partial charge is 0.394 e. The number of hydrogen-bond acceptors (Lipinski definition) is 2. The van der Waals surface area contributed by atoms with Gasteiger partial charge in [-0.15, -0.1) is 0 Å². The molecule has 0 saturated carbocycles. The van der Waals surface area contributed by atoms with Crippen molar-refractivity contribution in [2.75, 3.05) is 6.61 Å². The van der Waals surface area contributed by atoms with Gasteiger partial charge >= 0.3 is 0 Å². The molecular weight excluding hydrogens is 398 g/mol. The molecule has 0 saturated heterocycles. The van der Waals surface area contributed by atoms with Crippen molar-refractivity contribution in [2.45, 2.75) is 12.5 Å². The summed E-state index contributed by atoms with van der Waals surface area (Å²) in [5, 5.41) is 12.3. The van der Waals surface area contributed by atoms with Crippen LogP contribution in [0.15, 0.2) is 57.5 Å². The minimum absolute atomic E-state index is 0.102. The highest BCUT2D eigenvalue weighted by Gasteiger charge is 2.15. The maximum Gasteiger partial charge on any atom is 0.252 e. The monoisotopic (exact) mass is 411 g/mol. The van der Waals surface area contributed by atoms with Gasteiger partial charge in [0.2, 0.25) is 0 Å². The molecule has 0 fully saturated rings. The second-order valence-electron chi connectivity index (χ2n) is 4.67. The molecule has 21 heavy (non-hydrogen) atoms. The number of benzene rings is 2. The van der Waals surface area contributed by atoms with Crippen molar-refractivity contribution < 1.29 is 9.90 Å². The number of carbonyl (C=O) groups excluding carboxylic acids is 1. The maximum absolute atomic E-state index is 12.3. The summed E-state index contributed by atoms with van der Waals surface area (Å²) in [6.45, 7) is -0.102. The van der Waals surface area contributed by atoms with Crippen LogP contribution in [0.1, 0.15) is 15.9 Å². The minimum Gasteiger partial charge on any atom is -0.394 e. The Kier molecular flexibility index (Phi) is 5.96. The molecule has 2 rings (SSSR count). The van der Waals surface area contributed by atoms with E-state index in [0.29, 0.717) is 16.5 Å². The van der Waals surface area contributed by atoms with Gasteiger partial charge in [-0.25, -0.2) is 0 Å². The summed E-state index contributed by atoms with van der Waals surface area (Å²) in [5.74, 6) is -0.204. The zero-order valence-electron chi connectivity index (χ0n) is 11.2. The smallest absolute Gasteiger partial charge is 0.252 e. The third-order valence-electron chi connectivity index (χ3n) is 3.06. The van der Waals surface area contributed by atoms with Crippen molar-refractivity contribution in [3.63, 3.8) is 0 Å². The summed E-state index contributed by atoms with van der Waals surface area (Å²) in [7, 11) is 0. The maximum atomic E-state index is 12.3. The van der Waals surface area contributed by atoms with Crippen molar-refractivity contribution >= 4 is 37.8 Å². The normalized spacial score (nSPS) is 12.0. The second-order valence-corrected chi connectivity index (χ2v) is 6.44. The molecule has 0 aromatic heterocycles. The number of aliphatic hydroxyl groups excluding tert-OH is 1. The fraction of sp³-hybridized carbons (Fsp3) is 0.188. The molecule has 0 unspecified atom stereocenters. The molecule has 0 aliphatic carbocycles. The molecule has 3 nitrogen and oxygen atoms in total. The van der Waals surface area contributed by atoms with Crippen LogP contribution in [0.4, 0.5) is 0 Å². The van der Waals surface area contributed by atoms with Crippen LogP contribution in [0.5, 0.6) is 0 Å². The highest BCUT2D eigenvalue weighted by atomic mass is 79.9. The number of hydrogen-bond donors (Lipinski definition) is 2. The van der Waals surface area contributed by atoms with Gasteiger partial charge in [0.15, 0.2) is 0 Å². The Morgan fingerprint density at radius 1 is 1.14 bits per heavy atom. The Morgan fingerprint density at radius 3 is 2.48 bits per heavy atom. The van der Waals surface area contributed by atoms with Crippen LogP contribution in [-0.2, 0) is 6.42 Å². The Labute approximate surface area is 140 Å². The van der Waals surface area contributed by atoms with E-state index in [-0.39, 0.29) is 18.6 Å². The van der Waals surface area contributed by atoms with Crippen LogP contribution in [0, 0.1) is 0 Å². The molecule has 0 aliphatic rings. The summed E-state index contributed by atoms with van der Waals surface area (Å²) in [6, 6.07) is 14.8. The second kappa shape index (κ2) is 7.73. The third-order valence-corrected chi connectivity index (χ3v) is 4.21. The lowest BCUT2D eigenvalue weighted by Crippen LogP contribution is -2.39. The number of amides is 1. The van der Waals surface area contributed by atoms with Gasteiger partial charge in [0.25, 0.3) is 5.91 Å². The van der Waals surface area contributed by atoms with Gasteiger partial charge < -0.3 is 10.4 Å². The first-order valence-corrected chi connectivity index (χ1v) is 8.09. The van der Waals surface area contributed by atoms with E-state index in [4.69, 9.17) is 0 Å². The van der Waals surface area contributed by atoms with Gasteiger partial charge in [-0.1, -0.05) is 46.3 Å². The number of carbonyl (C=O) groups is 1. The van der Waals surface area contributed by atoms with Crippen LogP contribution in [-0.4, -0.2) is 23.7 Å². The van der Waals surface area contributed by atoms with E-state index in [9.17, 15) is 9.90 Å². The van der Waals surface area contributed by atoms with Crippen LogP contribution >= 0.6 is 31.9 Å². The standard InChI is InChI=1S/C16H15Br2NO2/c17-12-6-7-14(15(18)9-12)16(21)19-13(10-20)8-11-4-2-1-3-5-11/h1-7,9,13,20H,8,10H2,(H,19,21)/t13-/m0/s1. The van der Waals surface area contributed by atoms with Crippen LogP contribution in [0.2, 0.25) is 0 Å². The predicted octanol–water partition coefficient (Wildman–Crippen LogP) is 3.55. The predicted molar refractivity (Wildman–Crippen MR) is 90.3 cm³/mol. The molecule has 1 atom stereocenters. The summed E-state index contributed by atoms with van der Waals surface area (Å²) in [5.41, 5.74) is 1.62. The lowest BCUT2D eigenvalue weighted by molar-refractivity contribution is 0.0915. The fourth-order valence-electron chi connectivity index (χ4n) is 2.00. The average Bonchev–Trinajstić information content (AvgIpc) is 2.47. The molecule has 5 heteroatoms. The van der Waals surface area contributed by atoms with Gasteiger partial charge in [-0.3, -0.25) is 4.79 Å². The Morgan fingerprint density at radius 2 is 1.86 bits per heavy atom. The van der Waals surface area contributed by atoms with Crippen molar-refractivity contribution in [3.8, 4) is 0 Å². The van der Waals surface area contributed by atoms with Gasteiger partial charge in [-0.2, -0.15) is 0 Å². The quantitative estimate of drug-likeness (QED) is 0.788. The average molecular weight is 413 g/mol. The Hall–Kier alpha value is -1.17.